The van der Waals surface area contributed by atoms with Crippen LogP contribution in [-0.2, 0) is 0 Å². The molecule has 0 saturated carbocycles. The Balaban J connectivity index is 2.25. The van der Waals surface area contributed by atoms with Gasteiger partial charge in [-0.2, -0.15) is 0 Å². The van der Waals surface area contributed by atoms with Crippen molar-refractivity contribution in [1.29, 1.82) is 0 Å². The second kappa shape index (κ2) is 6.80. The molecule has 116 valence electrons. The van der Waals surface area contributed by atoms with E-state index >= 15 is 0 Å². The molecule has 1 amide bonds. The highest BCUT2D eigenvalue weighted by Gasteiger charge is 2.25. The van der Waals surface area contributed by atoms with Gasteiger partial charge in [-0.15, -0.1) is 0 Å². The number of carbonyl (C=O) groups excluding carboxylic acids is 1. The van der Waals surface area contributed by atoms with Gasteiger partial charge in [0.15, 0.2) is 0 Å². The van der Waals surface area contributed by atoms with Gasteiger partial charge in [0, 0.05) is 24.3 Å². The summed E-state index contributed by atoms with van der Waals surface area (Å²) in [5, 5.41) is 5.08. The Morgan fingerprint density at radius 3 is 2.62 bits per heavy atom. The first-order valence-electron chi connectivity index (χ1n) is 7.75. The highest BCUT2D eigenvalue weighted by Crippen LogP contribution is 2.26. The molecular weight excluding hydrogens is 264 g/mol. The zero-order valence-electron chi connectivity index (χ0n) is 13.1. The average molecular weight is 290 g/mol. The molecule has 1 aromatic rings. The second-order valence-electron chi connectivity index (χ2n) is 5.81. The van der Waals surface area contributed by atoms with Crippen LogP contribution >= 0.6 is 0 Å². The Morgan fingerprint density at radius 2 is 2.00 bits per heavy atom. The summed E-state index contributed by atoms with van der Waals surface area (Å²) in [6, 6.07) is 6.26. The maximum atomic E-state index is 12.2. The van der Waals surface area contributed by atoms with Crippen LogP contribution in [0.3, 0.4) is 0 Å². The van der Waals surface area contributed by atoms with E-state index in [2.05, 4.69) is 29.6 Å². The van der Waals surface area contributed by atoms with Crippen molar-refractivity contribution in [2.24, 2.45) is 0 Å². The minimum Gasteiger partial charge on any atom is -0.399 e. The summed E-state index contributed by atoms with van der Waals surface area (Å²) in [4.78, 5) is 12.2. The molecule has 0 radical (unpaired) electrons. The number of benzene rings is 1. The van der Waals surface area contributed by atoms with Crippen LogP contribution in [-0.4, -0.2) is 29.5 Å². The number of carbonyl (C=O) groups is 1. The number of rotatable bonds is 4. The number of hydrogen-bond acceptors (Lipinski definition) is 4. The summed E-state index contributed by atoms with van der Waals surface area (Å²) in [7, 11) is 0. The lowest BCUT2D eigenvalue weighted by Crippen LogP contribution is -2.47. The molecule has 2 unspecified atom stereocenters. The van der Waals surface area contributed by atoms with E-state index in [1.807, 2.05) is 13.0 Å². The lowest BCUT2D eigenvalue weighted by Gasteiger charge is -2.39. The SMILES string of the molecule is CCNC(=O)c1ccc(N)cc1NN1C(C)CCCC1C. The number of nitrogens with one attached hydrogen (secondary N) is 2. The third kappa shape index (κ3) is 3.67. The van der Waals surface area contributed by atoms with Gasteiger partial charge in [0.25, 0.3) is 5.91 Å². The molecule has 21 heavy (non-hydrogen) atoms. The lowest BCUT2D eigenvalue weighted by atomic mass is 9.99. The molecule has 1 heterocycles. The third-order valence-corrected chi connectivity index (χ3v) is 4.07. The van der Waals surface area contributed by atoms with Gasteiger partial charge in [0.1, 0.15) is 0 Å². The number of nitrogens with two attached hydrogens (primary N) is 1. The largest absolute Gasteiger partial charge is 0.399 e. The second-order valence-corrected chi connectivity index (χ2v) is 5.81. The van der Waals surface area contributed by atoms with Crippen molar-refractivity contribution in [1.82, 2.24) is 10.3 Å². The summed E-state index contributed by atoms with van der Waals surface area (Å²) in [5.74, 6) is -0.0719. The molecule has 1 aromatic carbocycles. The van der Waals surface area contributed by atoms with Crippen LogP contribution in [0, 0.1) is 0 Å². The first-order valence-corrected chi connectivity index (χ1v) is 7.75. The third-order valence-electron chi connectivity index (χ3n) is 4.07. The first-order chi connectivity index (χ1) is 10.0. The van der Waals surface area contributed by atoms with Gasteiger partial charge >= 0.3 is 0 Å². The molecule has 2 atom stereocenters. The number of nitrogen functional groups attached to an aromatic ring is 1. The molecule has 0 spiro atoms. The molecule has 0 aliphatic carbocycles. The molecule has 0 bridgehead atoms. The van der Waals surface area contributed by atoms with Crippen LogP contribution in [0.5, 0.6) is 0 Å². The summed E-state index contributed by atoms with van der Waals surface area (Å²) < 4.78 is 0. The first kappa shape index (κ1) is 15.6. The fourth-order valence-electron chi connectivity index (χ4n) is 2.89. The molecule has 5 heteroatoms. The van der Waals surface area contributed by atoms with Gasteiger partial charge < -0.3 is 16.5 Å². The topological polar surface area (TPSA) is 70.4 Å². The number of hydrogen-bond donors (Lipinski definition) is 3. The summed E-state index contributed by atoms with van der Waals surface area (Å²) in [6.45, 7) is 6.94. The smallest absolute Gasteiger partial charge is 0.253 e. The van der Waals surface area contributed by atoms with E-state index in [0.29, 0.717) is 29.9 Å². The molecule has 1 fully saturated rings. The predicted octanol–water partition coefficient (Wildman–Crippen LogP) is 2.61. The van der Waals surface area contributed by atoms with Gasteiger partial charge in [-0.1, -0.05) is 6.42 Å². The van der Waals surface area contributed by atoms with Crippen molar-refractivity contribution < 1.29 is 4.79 Å². The number of anilines is 2. The normalized spacial score (nSPS) is 22.8. The van der Waals surface area contributed by atoms with Crippen molar-refractivity contribution >= 4 is 17.3 Å². The summed E-state index contributed by atoms with van der Waals surface area (Å²) in [6.07, 6.45) is 3.58. The van der Waals surface area contributed by atoms with E-state index in [-0.39, 0.29) is 5.91 Å². The Hall–Kier alpha value is -1.75. The van der Waals surface area contributed by atoms with Gasteiger partial charge in [-0.3, -0.25) is 4.79 Å². The molecular formula is C16H26N4O. The van der Waals surface area contributed by atoms with E-state index in [4.69, 9.17) is 5.73 Å². The van der Waals surface area contributed by atoms with Crippen LogP contribution in [0.25, 0.3) is 0 Å². The van der Waals surface area contributed by atoms with Crippen LogP contribution in [0.2, 0.25) is 0 Å². The van der Waals surface area contributed by atoms with E-state index in [0.717, 1.165) is 18.5 Å². The van der Waals surface area contributed by atoms with Gasteiger partial charge in [0.05, 0.1) is 11.3 Å². The maximum absolute atomic E-state index is 12.2. The molecule has 1 aliphatic rings. The van der Waals surface area contributed by atoms with Gasteiger partial charge in [-0.25, -0.2) is 5.01 Å². The number of piperidine rings is 1. The van der Waals surface area contributed by atoms with Crippen LogP contribution in [0.1, 0.15) is 50.4 Å². The molecule has 1 saturated heterocycles. The number of nitrogens with zero attached hydrogens (tertiary/aromatic N) is 1. The zero-order chi connectivity index (χ0) is 15.4. The highest BCUT2D eigenvalue weighted by molar-refractivity contribution is 6.00. The molecule has 2 rings (SSSR count). The standard InChI is InChI=1S/C16H26N4O/c1-4-18-16(21)14-9-8-13(17)10-15(14)19-20-11(2)6-5-7-12(20)3/h8-12,19H,4-7,17H2,1-3H3,(H,18,21). The zero-order valence-corrected chi connectivity index (χ0v) is 13.1. The van der Waals surface area contributed by atoms with Gasteiger partial charge in [-0.05, 0) is 51.8 Å². The van der Waals surface area contributed by atoms with Crippen LogP contribution in [0.4, 0.5) is 11.4 Å². The van der Waals surface area contributed by atoms with Crippen LogP contribution < -0.4 is 16.5 Å². The fraction of sp³-hybridized carbons (Fsp3) is 0.562. The van der Waals surface area contributed by atoms with Crippen molar-refractivity contribution in [3.8, 4) is 0 Å². The monoisotopic (exact) mass is 290 g/mol. The minimum atomic E-state index is -0.0719. The Morgan fingerprint density at radius 1 is 1.33 bits per heavy atom. The number of amides is 1. The van der Waals surface area contributed by atoms with E-state index in [9.17, 15) is 4.79 Å². The quantitative estimate of drug-likeness (QED) is 0.746. The molecule has 0 aromatic heterocycles. The van der Waals surface area contributed by atoms with Crippen LogP contribution in [0.15, 0.2) is 18.2 Å². The lowest BCUT2D eigenvalue weighted by molar-refractivity contribution is 0.0954. The van der Waals surface area contributed by atoms with E-state index in [1.54, 1.807) is 12.1 Å². The van der Waals surface area contributed by atoms with Crippen molar-refractivity contribution in [3.05, 3.63) is 23.8 Å². The maximum Gasteiger partial charge on any atom is 0.253 e. The summed E-state index contributed by atoms with van der Waals surface area (Å²) in [5.41, 5.74) is 11.4. The average Bonchev–Trinajstić information content (AvgIpc) is 2.43. The van der Waals surface area contributed by atoms with E-state index < -0.39 is 0 Å². The molecule has 4 N–H and O–H groups in total. The fourth-order valence-corrected chi connectivity index (χ4v) is 2.89. The Kier molecular flexibility index (Phi) is 5.07. The van der Waals surface area contributed by atoms with Crippen molar-refractivity contribution in [2.45, 2.75) is 52.1 Å². The van der Waals surface area contributed by atoms with Crippen molar-refractivity contribution in [3.63, 3.8) is 0 Å². The van der Waals surface area contributed by atoms with E-state index in [1.165, 1.54) is 6.42 Å². The summed E-state index contributed by atoms with van der Waals surface area (Å²) >= 11 is 0. The highest BCUT2D eigenvalue weighted by atomic mass is 16.1. The molecule has 5 nitrogen and oxygen atoms in total. The predicted molar refractivity (Wildman–Crippen MR) is 87.1 cm³/mol. The Bertz CT molecular complexity index is 493. The number of hydrazine groups is 1. The minimum absolute atomic E-state index is 0.0719. The molecule has 1 aliphatic heterocycles. The van der Waals surface area contributed by atoms with Crippen molar-refractivity contribution in [2.75, 3.05) is 17.7 Å². The van der Waals surface area contributed by atoms with Gasteiger partial charge in [0.2, 0.25) is 0 Å². The Labute approximate surface area is 126 Å².